The average molecular weight is 421 g/mol. The number of amides is 1. The Morgan fingerprint density at radius 3 is 2.62 bits per heavy atom. The summed E-state index contributed by atoms with van der Waals surface area (Å²) in [4.78, 5) is 12.3. The highest BCUT2D eigenvalue weighted by Gasteiger charge is 2.34. The Morgan fingerprint density at radius 1 is 1.28 bits per heavy atom. The molecule has 0 bridgehead atoms. The van der Waals surface area contributed by atoms with Crippen LogP contribution in [-0.4, -0.2) is 27.0 Å². The van der Waals surface area contributed by atoms with E-state index in [2.05, 4.69) is 10.0 Å². The summed E-state index contributed by atoms with van der Waals surface area (Å²) in [5.74, 6) is -3.26. The summed E-state index contributed by atoms with van der Waals surface area (Å²) in [7, 11) is -4.05. The highest BCUT2D eigenvalue weighted by molar-refractivity contribution is 7.89. The van der Waals surface area contributed by atoms with Crippen molar-refractivity contribution >= 4 is 21.6 Å². The fourth-order valence-electron chi connectivity index (χ4n) is 2.79. The van der Waals surface area contributed by atoms with Gasteiger partial charge in [0.25, 0.3) is 5.91 Å². The van der Waals surface area contributed by atoms with Gasteiger partial charge < -0.3 is 10.1 Å². The van der Waals surface area contributed by atoms with E-state index in [1.807, 2.05) is 0 Å². The Balaban J connectivity index is 2.04. The quantitative estimate of drug-likeness (QED) is 0.792. The van der Waals surface area contributed by atoms with Gasteiger partial charge in [-0.1, -0.05) is 13.8 Å². The second-order valence-corrected chi connectivity index (χ2v) is 8.48. The van der Waals surface area contributed by atoms with E-state index in [4.69, 9.17) is 10.00 Å². The number of benzene rings is 2. The van der Waals surface area contributed by atoms with Crippen molar-refractivity contribution in [2.45, 2.75) is 24.8 Å². The second kappa shape index (κ2) is 7.77. The van der Waals surface area contributed by atoms with Crippen LogP contribution in [0.15, 0.2) is 35.2 Å². The minimum atomic E-state index is -4.05. The molecule has 1 aliphatic heterocycles. The molecule has 1 amide bonds. The van der Waals surface area contributed by atoms with Crippen molar-refractivity contribution in [2.24, 2.45) is 5.92 Å². The average Bonchev–Trinajstić information content (AvgIpc) is 2.79. The maximum Gasteiger partial charge on any atom is 0.262 e. The standard InChI is InChI=1S/C19H17F2N3O4S/c1-10(2)15-9-28-18-16(29(26,27)24-15)6-5-14(21)17(18)19(25)23-12-3-4-13(20)11(7-12)8-22/h3-7,10,15,24H,9H2,1-2H3,(H,23,25)/t15-/m1/s1. The number of carbonyl (C=O) groups is 1. The molecule has 0 aliphatic carbocycles. The Bertz CT molecular complexity index is 1130. The molecule has 2 N–H and O–H groups in total. The molecule has 0 unspecified atom stereocenters. The van der Waals surface area contributed by atoms with Gasteiger partial charge in [-0.05, 0) is 36.2 Å². The molecule has 0 aromatic heterocycles. The number of nitrogens with zero attached hydrogens (tertiary/aromatic N) is 1. The molecule has 2 aromatic carbocycles. The molecular weight excluding hydrogens is 404 g/mol. The molecule has 3 rings (SSSR count). The molecule has 7 nitrogen and oxygen atoms in total. The van der Waals surface area contributed by atoms with Crippen LogP contribution < -0.4 is 14.8 Å². The fourth-order valence-corrected chi connectivity index (χ4v) is 4.30. The Hall–Kier alpha value is -3.03. The summed E-state index contributed by atoms with van der Waals surface area (Å²) < 4.78 is 61.3. The second-order valence-electron chi connectivity index (χ2n) is 6.79. The summed E-state index contributed by atoms with van der Waals surface area (Å²) in [6, 6.07) is 6.21. The number of nitrogens with one attached hydrogen (secondary N) is 2. The Morgan fingerprint density at radius 2 is 1.97 bits per heavy atom. The molecule has 1 aliphatic rings. The summed E-state index contributed by atoms with van der Waals surface area (Å²) in [6.45, 7) is 3.49. The molecule has 0 radical (unpaired) electrons. The van der Waals surface area contributed by atoms with Gasteiger partial charge in [0, 0.05) is 5.69 Å². The number of fused-ring (bicyclic) bond motifs is 1. The van der Waals surface area contributed by atoms with Gasteiger partial charge in [0.05, 0.1) is 11.6 Å². The number of halogens is 2. The number of hydrogen-bond donors (Lipinski definition) is 2. The van der Waals surface area contributed by atoms with E-state index in [1.165, 1.54) is 6.07 Å². The van der Waals surface area contributed by atoms with Crippen LogP contribution in [0.2, 0.25) is 0 Å². The highest BCUT2D eigenvalue weighted by atomic mass is 32.2. The van der Waals surface area contributed by atoms with Crippen LogP contribution in [0.3, 0.4) is 0 Å². The number of rotatable bonds is 3. The van der Waals surface area contributed by atoms with E-state index >= 15 is 0 Å². The van der Waals surface area contributed by atoms with Gasteiger partial charge in [-0.2, -0.15) is 5.26 Å². The van der Waals surface area contributed by atoms with Crippen LogP contribution in [0.1, 0.15) is 29.8 Å². The van der Waals surface area contributed by atoms with Crippen molar-refractivity contribution in [3.05, 3.63) is 53.1 Å². The van der Waals surface area contributed by atoms with Crippen LogP contribution in [0, 0.1) is 28.9 Å². The first kappa shape index (κ1) is 20.7. The van der Waals surface area contributed by atoms with E-state index in [0.29, 0.717) is 0 Å². The first-order valence-electron chi connectivity index (χ1n) is 8.62. The normalized spacial score (nSPS) is 17.6. The zero-order valence-corrected chi connectivity index (χ0v) is 16.3. The number of hydrogen-bond acceptors (Lipinski definition) is 5. The number of nitriles is 1. The van der Waals surface area contributed by atoms with Crippen molar-refractivity contribution in [2.75, 3.05) is 11.9 Å². The van der Waals surface area contributed by atoms with Gasteiger partial charge in [-0.3, -0.25) is 4.79 Å². The lowest BCUT2D eigenvalue weighted by Crippen LogP contribution is -2.40. The third-order valence-corrected chi connectivity index (χ3v) is 5.96. The zero-order chi connectivity index (χ0) is 21.3. The van der Waals surface area contributed by atoms with Crippen LogP contribution >= 0.6 is 0 Å². The molecule has 1 atom stereocenters. The van der Waals surface area contributed by atoms with Gasteiger partial charge in [-0.25, -0.2) is 21.9 Å². The smallest absolute Gasteiger partial charge is 0.262 e. The molecule has 29 heavy (non-hydrogen) atoms. The SMILES string of the molecule is CC(C)[C@H]1COc2c(ccc(F)c2C(=O)Nc2ccc(F)c(C#N)c2)S(=O)(=O)N1. The third-order valence-electron chi connectivity index (χ3n) is 4.45. The fraction of sp³-hybridized carbons (Fsp3) is 0.263. The number of sulfonamides is 1. The maximum absolute atomic E-state index is 14.5. The van der Waals surface area contributed by atoms with Gasteiger partial charge >= 0.3 is 0 Å². The van der Waals surface area contributed by atoms with Gasteiger partial charge in [0.1, 0.15) is 34.8 Å². The topological polar surface area (TPSA) is 108 Å². The van der Waals surface area contributed by atoms with E-state index < -0.39 is 44.9 Å². The van der Waals surface area contributed by atoms with Crippen LogP contribution in [-0.2, 0) is 10.0 Å². The predicted octanol–water partition coefficient (Wildman–Crippen LogP) is 2.78. The van der Waals surface area contributed by atoms with Gasteiger partial charge in [0.15, 0.2) is 5.75 Å². The van der Waals surface area contributed by atoms with Crippen LogP contribution in [0.25, 0.3) is 0 Å². The van der Waals surface area contributed by atoms with E-state index in [1.54, 1.807) is 19.9 Å². The third kappa shape index (κ3) is 4.06. The zero-order valence-electron chi connectivity index (χ0n) is 15.5. The van der Waals surface area contributed by atoms with Crippen molar-refractivity contribution in [3.63, 3.8) is 0 Å². The van der Waals surface area contributed by atoms with Crippen LogP contribution in [0.4, 0.5) is 14.5 Å². The lowest BCUT2D eigenvalue weighted by molar-refractivity contribution is 0.101. The monoisotopic (exact) mass is 421 g/mol. The first-order chi connectivity index (χ1) is 13.6. The molecular formula is C19H17F2N3O4S. The van der Waals surface area contributed by atoms with Gasteiger partial charge in [0.2, 0.25) is 10.0 Å². The lowest BCUT2D eigenvalue weighted by atomic mass is 10.1. The van der Waals surface area contributed by atoms with Crippen molar-refractivity contribution in [3.8, 4) is 11.8 Å². The number of ether oxygens (including phenoxy) is 1. The molecule has 0 spiro atoms. The molecule has 2 aromatic rings. The predicted molar refractivity (Wildman–Crippen MR) is 99.9 cm³/mol. The molecule has 0 fully saturated rings. The summed E-state index contributed by atoms with van der Waals surface area (Å²) in [5, 5.41) is 11.2. The summed E-state index contributed by atoms with van der Waals surface area (Å²) in [5.41, 5.74) is -0.863. The molecule has 0 saturated carbocycles. The van der Waals surface area contributed by atoms with Gasteiger partial charge in [-0.15, -0.1) is 0 Å². The first-order valence-corrected chi connectivity index (χ1v) is 10.1. The van der Waals surface area contributed by atoms with Crippen LogP contribution in [0.5, 0.6) is 5.75 Å². The Labute approximate surface area is 166 Å². The van der Waals surface area contributed by atoms with Crippen molar-refractivity contribution < 1.29 is 26.7 Å². The summed E-state index contributed by atoms with van der Waals surface area (Å²) >= 11 is 0. The highest BCUT2D eigenvalue weighted by Crippen LogP contribution is 2.33. The minimum absolute atomic E-state index is 0.0413. The minimum Gasteiger partial charge on any atom is -0.490 e. The lowest BCUT2D eigenvalue weighted by Gasteiger charge is -2.18. The number of carbonyl (C=O) groups excluding carboxylic acids is 1. The van der Waals surface area contributed by atoms with Crippen molar-refractivity contribution in [1.29, 1.82) is 5.26 Å². The molecule has 152 valence electrons. The molecule has 1 heterocycles. The largest absolute Gasteiger partial charge is 0.490 e. The molecule has 0 saturated heterocycles. The van der Waals surface area contributed by atoms with E-state index in [-0.39, 0.29) is 28.7 Å². The van der Waals surface area contributed by atoms with E-state index in [9.17, 15) is 22.0 Å². The maximum atomic E-state index is 14.5. The van der Waals surface area contributed by atoms with Crippen molar-refractivity contribution in [1.82, 2.24) is 4.72 Å². The summed E-state index contributed by atoms with van der Waals surface area (Å²) in [6.07, 6.45) is 0. The Kier molecular flexibility index (Phi) is 5.55. The molecule has 10 heteroatoms. The number of anilines is 1. The van der Waals surface area contributed by atoms with E-state index in [0.717, 1.165) is 24.3 Å².